The predicted molar refractivity (Wildman–Crippen MR) is 376 cm³/mol. The number of hydrogen-bond acceptors (Lipinski definition) is 7. The predicted octanol–water partition coefficient (Wildman–Crippen LogP) is 23.0. The first-order valence-corrected chi connectivity index (χ1v) is 38.4. The summed E-state index contributed by atoms with van der Waals surface area (Å²) < 4.78 is 30.5. The average molecular weight is 1240 g/mol. The van der Waals surface area contributed by atoms with Crippen LogP contribution in [0.15, 0.2) is 85.1 Å². The Kier molecular flexibility index (Phi) is 64.0. The Hall–Kier alpha value is -2.81. The monoisotopic (exact) mass is 1240 g/mol. The number of hydrogen-bond donors (Lipinski definition) is 1. The molecule has 0 aliphatic heterocycles. The van der Waals surface area contributed by atoms with Crippen molar-refractivity contribution in [3.05, 3.63) is 85.1 Å². The Bertz CT molecular complexity index is 1760. The third-order valence-corrected chi connectivity index (χ3v) is 17.3. The number of phosphoric acid groups is 1. The largest absolute Gasteiger partial charge is 0.756 e. The van der Waals surface area contributed by atoms with Gasteiger partial charge < -0.3 is 28.5 Å². The third kappa shape index (κ3) is 67.4. The molecule has 3 atom stereocenters. The summed E-state index contributed by atoms with van der Waals surface area (Å²) in [6.07, 6.45) is 88.5. The van der Waals surface area contributed by atoms with Crippen LogP contribution in [0.1, 0.15) is 342 Å². The van der Waals surface area contributed by atoms with Crippen molar-refractivity contribution in [2.45, 2.75) is 354 Å². The van der Waals surface area contributed by atoms with Gasteiger partial charge in [0.15, 0.2) is 0 Å². The van der Waals surface area contributed by atoms with Crippen LogP contribution in [-0.4, -0.2) is 69.4 Å². The number of nitrogens with one attached hydrogen (secondary N) is 1. The van der Waals surface area contributed by atoms with Crippen molar-refractivity contribution < 1.29 is 37.3 Å². The van der Waals surface area contributed by atoms with E-state index >= 15 is 0 Å². The first kappa shape index (κ1) is 84.2. The van der Waals surface area contributed by atoms with E-state index in [1.807, 2.05) is 33.3 Å². The van der Waals surface area contributed by atoms with E-state index in [4.69, 9.17) is 13.8 Å². The van der Waals surface area contributed by atoms with Crippen LogP contribution >= 0.6 is 7.82 Å². The molecule has 0 saturated carbocycles. The highest BCUT2D eigenvalue weighted by molar-refractivity contribution is 7.45. The molecule has 0 spiro atoms. The number of likely N-dealkylation sites (N-methyl/N-ethyl adjacent to an activating group) is 1. The molecule has 0 aliphatic carbocycles. The van der Waals surface area contributed by atoms with Crippen molar-refractivity contribution in [1.82, 2.24) is 5.32 Å². The summed E-state index contributed by atoms with van der Waals surface area (Å²) in [6, 6.07) is -0.895. The lowest BCUT2D eigenvalue weighted by molar-refractivity contribution is -0.870. The van der Waals surface area contributed by atoms with Gasteiger partial charge in [0, 0.05) is 12.8 Å². The summed E-state index contributed by atoms with van der Waals surface area (Å²) in [4.78, 5) is 40.2. The number of unbranched alkanes of at least 4 members (excludes halogenated alkanes) is 39. The lowest BCUT2D eigenvalue weighted by Gasteiger charge is -2.30. The second-order valence-electron chi connectivity index (χ2n) is 26.1. The maximum atomic E-state index is 13.6. The molecule has 0 fully saturated rings. The SMILES string of the molecule is CCCCC/C=C\C/C=C\C/C=C\CCCCCCCCCCCCCCCCC(=O)OC(/C=C/CCCCCCCCCCC)C(COP(=O)([O-])OCC[N+](C)(C)C)NC(=O)CCCCCCCCCCCC/C=C\C/C=C\C/C=C\CCCCC. The second kappa shape index (κ2) is 66.1. The molecule has 1 amide bonds. The molecule has 87 heavy (non-hydrogen) atoms. The van der Waals surface area contributed by atoms with Crippen molar-refractivity contribution in [3.8, 4) is 0 Å². The smallest absolute Gasteiger partial charge is 0.306 e. The maximum absolute atomic E-state index is 13.6. The van der Waals surface area contributed by atoms with Crippen LogP contribution < -0.4 is 10.2 Å². The minimum absolute atomic E-state index is 0.0250. The number of carbonyl (C=O) groups excluding carboxylic acids is 2. The Labute approximate surface area is 539 Å². The average Bonchev–Trinajstić information content (AvgIpc) is 3.70. The van der Waals surface area contributed by atoms with Gasteiger partial charge in [-0.15, -0.1) is 0 Å². The van der Waals surface area contributed by atoms with Crippen molar-refractivity contribution >= 4 is 19.7 Å². The lowest BCUT2D eigenvalue weighted by atomic mass is 10.0. The number of rotatable bonds is 67. The van der Waals surface area contributed by atoms with Gasteiger partial charge in [0.25, 0.3) is 7.82 Å². The van der Waals surface area contributed by atoms with Gasteiger partial charge in [-0.3, -0.25) is 14.2 Å². The number of allylic oxidation sites excluding steroid dienone is 13. The Morgan fingerprint density at radius 1 is 0.402 bits per heavy atom. The molecule has 9 nitrogen and oxygen atoms in total. The summed E-state index contributed by atoms with van der Waals surface area (Å²) in [5.41, 5.74) is 0. The molecule has 10 heteroatoms. The molecule has 0 aromatic rings. The Balaban J connectivity index is 4.97. The topological polar surface area (TPSA) is 114 Å². The standard InChI is InChI=1S/C77H141N2O7P/c1-7-10-13-16-19-22-25-27-29-31-33-35-37-38-39-40-42-44-46-48-50-52-55-58-61-64-67-70-77(81)86-75(68-65-62-59-56-53-24-21-18-15-12-9-3)74(73-85-87(82,83)84-72-71-79(4,5)6)78-76(80)69-66-63-60-57-54-51-49-47-45-43-41-36-34-32-30-28-26-23-20-17-14-11-8-2/h19-20,22-23,27-30,33-36,65,68,74-75H,7-18,21,24-26,31-32,37-64,66-67,69-73H2,1-6H3,(H-,78,80,82,83)/b22-19-,23-20-,29-27-,30-28-,35-33-,36-34-,68-65+. The number of phosphoric ester groups is 1. The molecule has 0 saturated heterocycles. The van der Waals surface area contributed by atoms with E-state index in [1.165, 1.54) is 212 Å². The van der Waals surface area contributed by atoms with E-state index in [-0.39, 0.29) is 24.9 Å². The molecule has 0 aromatic heterocycles. The van der Waals surface area contributed by atoms with Crippen LogP contribution in [0, 0.1) is 0 Å². The van der Waals surface area contributed by atoms with Gasteiger partial charge in [0.1, 0.15) is 19.3 Å². The van der Waals surface area contributed by atoms with Crippen molar-refractivity contribution in [2.75, 3.05) is 40.9 Å². The summed E-state index contributed by atoms with van der Waals surface area (Å²) in [5, 5.41) is 3.04. The Morgan fingerprint density at radius 3 is 1.07 bits per heavy atom. The highest BCUT2D eigenvalue weighted by Gasteiger charge is 2.27. The van der Waals surface area contributed by atoms with Crippen LogP contribution in [0.3, 0.4) is 0 Å². The van der Waals surface area contributed by atoms with Gasteiger partial charge >= 0.3 is 5.97 Å². The van der Waals surface area contributed by atoms with Crippen molar-refractivity contribution in [1.29, 1.82) is 0 Å². The maximum Gasteiger partial charge on any atom is 0.306 e. The first-order valence-electron chi connectivity index (χ1n) is 36.9. The molecule has 0 radical (unpaired) electrons. The van der Waals surface area contributed by atoms with Gasteiger partial charge in [-0.1, -0.05) is 305 Å². The minimum atomic E-state index is -4.71. The molecule has 0 heterocycles. The zero-order valence-corrected chi connectivity index (χ0v) is 58.9. The number of carbonyl (C=O) groups is 2. The zero-order chi connectivity index (χ0) is 63.5. The molecular formula is C77H141N2O7P. The molecule has 0 rings (SSSR count). The van der Waals surface area contributed by atoms with E-state index in [0.717, 1.165) is 96.3 Å². The van der Waals surface area contributed by atoms with Crippen LogP contribution in [0.4, 0.5) is 0 Å². The highest BCUT2D eigenvalue weighted by atomic mass is 31.2. The van der Waals surface area contributed by atoms with Crippen LogP contribution in [0.2, 0.25) is 0 Å². The molecule has 1 N–H and O–H groups in total. The fourth-order valence-electron chi connectivity index (χ4n) is 10.6. The van der Waals surface area contributed by atoms with Crippen LogP contribution in [0.25, 0.3) is 0 Å². The second-order valence-corrected chi connectivity index (χ2v) is 27.5. The summed E-state index contributed by atoms with van der Waals surface area (Å²) in [7, 11) is 1.18. The fraction of sp³-hybridized carbons (Fsp3) is 0.792. The van der Waals surface area contributed by atoms with E-state index in [0.29, 0.717) is 17.4 Å². The summed E-state index contributed by atoms with van der Waals surface area (Å²) in [6.45, 7) is 6.81. The van der Waals surface area contributed by atoms with Gasteiger partial charge in [0.2, 0.25) is 5.91 Å². The fourth-order valence-corrected chi connectivity index (χ4v) is 11.3. The normalized spacial score (nSPS) is 14.0. The minimum Gasteiger partial charge on any atom is -0.756 e. The number of ether oxygens (including phenoxy) is 1. The third-order valence-electron chi connectivity index (χ3n) is 16.3. The molecule has 506 valence electrons. The summed E-state index contributed by atoms with van der Waals surface area (Å²) in [5.74, 6) is -0.538. The molecule has 0 aliphatic rings. The van der Waals surface area contributed by atoms with Gasteiger partial charge in [-0.05, 0) is 109 Å². The van der Waals surface area contributed by atoms with Gasteiger partial charge in [-0.2, -0.15) is 0 Å². The van der Waals surface area contributed by atoms with Crippen LogP contribution in [-0.2, 0) is 27.9 Å². The molecular weight excluding hydrogens is 1100 g/mol. The van der Waals surface area contributed by atoms with Crippen LogP contribution in [0.5, 0.6) is 0 Å². The zero-order valence-electron chi connectivity index (χ0n) is 58.0. The highest BCUT2D eigenvalue weighted by Crippen LogP contribution is 2.38. The Morgan fingerprint density at radius 2 is 0.701 bits per heavy atom. The van der Waals surface area contributed by atoms with Gasteiger partial charge in [0.05, 0.1) is 33.8 Å². The van der Waals surface area contributed by atoms with Crippen molar-refractivity contribution in [2.24, 2.45) is 0 Å². The number of quaternary nitrogens is 1. The molecule has 3 unspecified atom stereocenters. The van der Waals surface area contributed by atoms with Crippen molar-refractivity contribution in [3.63, 3.8) is 0 Å². The number of esters is 1. The lowest BCUT2D eigenvalue weighted by Crippen LogP contribution is -2.47. The first-order chi connectivity index (χ1) is 42.4. The van der Waals surface area contributed by atoms with E-state index < -0.39 is 26.6 Å². The van der Waals surface area contributed by atoms with Gasteiger partial charge in [-0.25, -0.2) is 0 Å². The quantitative estimate of drug-likeness (QED) is 0.0212. The van der Waals surface area contributed by atoms with E-state index in [9.17, 15) is 19.0 Å². The molecule has 0 aromatic carbocycles. The van der Waals surface area contributed by atoms with E-state index in [2.05, 4.69) is 99.0 Å². The number of amides is 1. The number of nitrogens with zero attached hydrogens (tertiary/aromatic N) is 1. The van der Waals surface area contributed by atoms with E-state index in [1.54, 1.807) is 0 Å². The summed E-state index contributed by atoms with van der Waals surface area (Å²) >= 11 is 0. The molecule has 0 bridgehead atoms.